The van der Waals surface area contributed by atoms with Gasteiger partial charge in [0, 0.05) is 41.5 Å². The number of nitro groups is 1. The Morgan fingerprint density at radius 3 is 2.74 bits per heavy atom. The van der Waals surface area contributed by atoms with Crippen LogP contribution in [0.1, 0.15) is 41.8 Å². The monoisotopic (exact) mass is 333 g/mol. The Morgan fingerprint density at radius 1 is 1.39 bits per heavy atom. The molecule has 0 saturated heterocycles. The molecule has 1 amide bonds. The molecule has 0 unspecified atom stereocenters. The lowest BCUT2D eigenvalue weighted by Crippen LogP contribution is -2.25. The van der Waals surface area contributed by atoms with Crippen molar-refractivity contribution in [2.45, 2.75) is 32.6 Å². The van der Waals surface area contributed by atoms with Gasteiger partial charge in [-0.1, -0.05) is 26.8 Å². The molecule has 0 saturated carbocycles. The van der Waals surface area contributed by atoms with Gasteiger partial charge in [-0.15, -0.1) is 11.3 Å². The van der Waals surface area contributed by atoms with Gasteiger partial charge in [0.25, 0.3) is 11.6 Å². The lowest BCUT2D eigenvalue weighted by Gasteiger charge is -2.14. The first-order valence-electron chi connectivity index (χ1n) is 7.25. The highest BCUT2D eigenvalue weighted by Gasteiger charge is 2.17. The van der Waals surface area contributed by atoms with Crippen LogP contribution in [0.2, 0.25) is 0 Å². The Morgan fingerprint density at radius 2 is 2.13 bits per heavy atom. The smallest absolute Gasteiger partial charge is 0.270 e. The van der Waals surface area contributed by atoms with E-state index >= 15 is 0 Å². The summed E-state index contributed by atoms with van der Waals surface area (Å²) in [6.07, 6.45) is 0.640. The molecule has 0 bridgehead atoms. The number of benzene rings is 1. The molecule has 1 aromatic carbocycles. The molecule has 23 heavy (non-hydrogen) atoms. The van der Waals surface area contributed by atoms with Crippen LogP contribution in [-0.4, -0.2) is 22.4 Å². The standard InChI is InChI=1S/C16H19N3O3S/c1-16(2,3)13-10-23-14(18-13)7-8-17-15(20)11-5-4-6-12(9-11)19(21)22/h4-6,9-10H,7-8H2,1-3H3,(H,17,20). The van der Waals surface area contributed by atoms with Gasteiger partial charge in [-0.2, -0.15) is 0 Å². The lowest BCUT2D eigenvalue weighted by atomic mass is 9.93. The van der Waals surface area contributed by atoms with E-state index < -0.39 is 4.92 Å². The zero-order valence-electron chi connectivity index (χ0n) is 13.3. The van der Waals surface area contributed by atoms with Crippen LogP contribution in [0.4, 0.5) is 5.69 Å². The minimum Gasteiger partial charge on any atom is -0.352 e. The second kappa shape index (κ2) is 6.87. The predicted molar refractivity (Wildman–Crippen MR) is 89.9 cm³/mol. The zero-order valence-corrected chi connectivity index (χ0v) is 14.1. The van der Waals surface area contributed by atoms with Gasteiger partial charge in [0.15, 0.2) is 0 Å². The van der Waals surface area contributed by atoms with Crippen molar-refractivity contribution in [3.63, 3.8) is 0 Å². The first kappa shape index (κ1) is 17.1. The summed E-state index contributed by atoms with van der Waals surface area (Å²) in [5.74, 6) is -0.318. The van der Waals surface area contributed by atoms with Crippen molar-refractivity contribution in [1.82, 2.24) is 10.3 Å². The molecule has 1 heterocycles. The zero-order chi connectivity index (χ0) is 17.0. The summed E-state index contributed by atoms with van der Waals surface area (Å²) in [6, 6.07) is 5.70. The third-order valence-electron chi connectivity index (χ3n) is 3.26. The number of non-ortho nitro benzene ring substituents is 1. The Balaban J connectivity index is 1.91. The summed E-state index contributed by atoms with van der Waals surface area (Å²) in [4.78, 5) is 26.8. The van der Waals surface area contributed by atoms with Crippen LogP contribution in [0.25, 0.3) is 0 Å². The number of carbonyl (C=O) groups excluding carboxylic acids is 1. The van der Waals surface area contributed by atoms with Crippen LogP contribution < -0.4 is 5.32 Å². The molecule has 0 radical (unpaired) electrons. The fraction of sp³-hybridized carbons (Fsp3) is 0.375. The van der Waals surface area contributed by atoms with Crippen LogP contribution in [0.3, 0.4) is 0 Å². The van der Waals surface area contributed by atoms with E-state index in [1.807, 2.05) is 5.38 Å². The quantitative estimate of drug-likeness (QED) is 0.672. The van der Waals surface area contributed by atoms with E-state index in [0.29, 0.717) is 13.0 Å². The maximum Gasteiger partial charge on any atom is 0.270 e. The highest BCUT2D eigenvalue weighted by molar-refractivity contribution is 7.09. The Labute approximate surface area is 138 Å². The predicted octanol–water partition coefficient (Wildman–Crippen LogP) is 3.32. The average Bonchev–Trinajstić information content (AvgIpc) is 2.96. The van der Waals surface area contributed by atoms with Gasteiger partial charge >= 0.3 is 0 Å². The van der Waals surface area contributed by atoms with Crippen LogP contribution in [0, 0.1) is 10.1 Å². The molecule has 1 N–H and O–H groups in total. The maximum atomic E-state index is 12.0. The topological polar surface area (TPSA) is 85.1 Å². The molecule has 0 aliphatic rings. The van der Waals surface area contributed by atoms with Crippen molar-refractivity contribution in [3.8, 4) is 0 Å². The first-order chi connectivity index (χ1) is 10.8. The Hall–Kier alpha value is -2.28. The summed E-state index contributed by atoms with van der Waals surface area (Å²) in [5, 5.41) is 16.5. The highest BCUT2D eigenvalue weighted by Crippen LogP contribution is 2.23. The van der Waals surface area contributed by atoms with E-state index in [9.17, 15) is 14.9 Å². The van der Waals surface area contributed by atoms with Crippen molar-refractivity contribution in [2.75, 3.05) is 6.54 Å². The van der Waals surface area contributed by atoms with Crippen LogP contribution in [-0.2, 0) is 11.8 Å². The number of hydrogen-bond acceptors (Lipinski definition) is 5. The van der Waals surface area contributed by atoms with E-state index in [-0.39, 0.29) is 22.6 Å². The summed E-state index contributed by atoms with van der Waals surface area (Å²) < 4.78 is 0. The van der Waals surface area contributed by atoms with Crippen molar-refractivity contribution in [2.24, 2.45) is 0 Å². The number of nitro benzene ring substituents is 1. The number of nitrogens with one attached hydrogen (secondary N) is 1. The normalized spacial score (nSPS) is 11.3. The molecular formula is C16H19N3O3S. The molecule has 122 valence electrons. The van der Waals surface area contributed by atoms with Crippen LogP contribution in [0.5, 0.6) is 0 Å². The lowest BCUT2D eigenvalue weighted by molar-refractivity contribution is -0.384. The van der Waals surface area contributed by atoms with Gasteiger partial charge in [0.1, 0.15) is 0 Å². The number of amides is 1. The maximum absolute atomic E-state index is 12.0. The third kappa shape index (κ3) is 4.59. The van der Waals surface area contributed by atoms with Crippen molar-refractivity contribution in [1.29, 1.82) is 0 Å². The second-order valence-electron chi connectivity index (χ2n) is 6.19. The van der Waals surface area contributed by atoms with Gasteiger partial charge < -0.3 is 5.32 Å². The highest BCUT2D eigenvalue weighted by atomic mass is 32.1. The molecule has 0 spiro atoms. The first-order valence-corrected chi connectivity index (χ1v) is 8.13. The van der Waals surface area contributed by atoms with Crippen LogP contribution in [0.15, 0.2) is 29.6 Å². The molecule has 0 atom stereocenters. The number of aromatic nitrogens is 1. The van der Waals surface area contributed by atoms with E-state index in [2.05, 4.69) is 31.1 Å². The van der Waals surface area contributed by atoms with Crippen molar-refractivity contribution in [3.05, 3.63) is 56.0 Å². The van der Waals surface area contributed by atoms with E-state index in [1.54, 1.807) is 17.4 Å². The summed E-state index contributed by atoms with van der Waals surface area (Å²) in [7, 11) is 0. The Kier molecular flexibility index (Phi) is 5.10. The minimum atomic E-state index is -0.514. The molecule has 6 nitrogen and oxygen atoms in total. The molecule has 1 aromatic heterocycles. The van der Waals surface area contributed by atoms with Gasteiger partial charge in [0.05, 0.1) is 15.6 Å². The van der Waals surface area contributed by atoms with Gasteiger partial charge in [-0.05, 0) is 6.07 Å². The number of nitrogens with zero attached hydrogens (tertiary/aromatic N) is 2. The average molecular weight is 333 g/mol. The number of hydrogen-bond donors (Lipinski definition) is 1. The number of rotatable bonds is 5. The summed E-state index contributed by atoms with van der Waals surface area (Å²) in [6.45, 7) is 6.76. The molecule has 2 rings (SSSR count). The third-order valence-corrected chi connectivity index (χ3v) is 4.17. The van der Waals surface area contributed by atoms with Gasteiger partial charge in [0.2, 0.25) is 0 Å². The van der Waals surface area contributed by atoms with E-state index in [0.717, 1.165) is 10.7 Å². The van der Waals surface area contributed by atoms with E-state index in [1.165, 1.54) is 18.2 Å². The summed E-state index contributed by atoms with van der Waals surface area (Å²) in [5.41, 5.74) is 1.25. The number of carbonyl (C=O) groups is 1. The SMILES string of the molecule is CC(C)(C)c1csc(CCNC(=O)c2cccc([N+](=O)[O-])c2)n1. The molecule has 0 aliphatic carbocycles. The van der Waals surface area contributed by atoms with E-state index in [4.69, 9.17) is 0 Å². The molecule has 0 fully saturated rings. The van der Waals surface area contributed by atoms with Gasteiger partial charge in [-0.3, -0.25) is 14.9 Å². The molecule has 7 heteroatoms. The summed E-state index contributed by atoms with van der Waals surface area (Å²) >= 11 is 1.58. The Bertz CT molecular complexity index is 719. The minimum absolute atomic E-state index is 0.0149. The van der Waals surface area contributed by atoms with Crippen LogP contribution >= 0.6 is 11.3 Å². The molecular weight excluding hydrogens is 314 g/mol. The number of thiazole rings is 1. The largest absolute Gasteiger partial charge is 0.352 e. The second-order valence-corrected chi connectivity index (χ2v) is 7.13. The van der Waals surface area contributed by atoms with Crippen molar-refractivity contribution >= 4 is 22.9 Å². The fourth-order valence-corrected chi connectivity index (χ4v) is 2.94. The molecule has 2 aromatic rings. The van der Waals surface area contributed by atoms with Gasteiger partial charge in [-0.25, -0.2) is 4.98 Å². The fourth-order valence-electron chi connectivity index (χ4n) is 1.92. The van der Waals surface area contributed by atoms with Crippen molar-refractivity contribution < 1.29 is 9.72 Å². The molecule has 0 aliphatic heterocycles.